The molecule has 7 nitrogen and oxygen atoms in total. The van der Waals surface area contributed by atoms with Crippen LogP contribution < -0.4 is 11.1 Å². The van der Waals surface area contributed by atoms with Crippen LogP contribution in [0.4, 0.5) is 17.2 Å². The molecule has 0 saturated heterocycles. The van der Waals surface area contributed by atoms with Crippen molar-refractivity contribution in [2.24, 2.45) is 16.6 Å². The lowest BCUT2D eigenvalue weighted by atomic mass is 10.1. The Labute approximate surface area is 167 Å². The topological polar surface area (TPSA) is 113 Å². The van der Waals surface area contributed by atoms with Gasteiger partial charge in [0.1, 0.15) is 0 Å². The van der Waals surface area contributed by atoms with Crippen molar-refractivity contribution in [1.82, 2.24) is 15.0 Å². The van der Waals surface area contributed by atoms with E-state index in [4.69, 9.17) is 11.1 Å². The molecule has 142 valence electrons. The molecule has 3 aromatic rings. The number of rotatable bonds is 4. The van der Waals surface area contributed by atoms with Crippen LogP contribution in [0.5, 0.6) is 0 Å². The summed E-state index contributed by atoms with van der Waals surface area (Å²) in [6.45, 7) is 0. The summed E-state index contributed by atoms with van der Waals surface area (Å²) >= 11 is 1.24. The van der Waals surface area contributed by atoms with Gasteiger partial charge in [0.05, 0.1) is 39.8 Å². The van der Waals surface area contributed by atoms with E-state index in [0.717, 1.165) is 35.2 Å². The van der Waals surface area contributed by atoms with Crippen LogP contribution >= 0.6 is 11.8 Å². The van der Waals surface area contributed by atoms with Gasteiger partial charge in [-0.2, -0.15) is 0 Å². The van der Waals surface area contributed by atoms with Gasteiger partial charge < -0.3 is 11.1 Å². The van der Waals surface area contributed by atoms with Crippen LogP contribution in [-0.2, 0) is 0 Å². The number of hydrogen-bond donors (Lipinski definition) is 3. The minimum absolute atomic E-state index is 0.327. The number of nitrogens with one attached hydrogen (secondary N) is 2. The van der Waals surface area contributed by atoms with E-state index in [2.05, 4.69) is 25.3 Å². The lowest BCUT2D eigenvalue weighted by Gasteiger charge is -2.09. The monoisotopic (exact) mass is 391 g/mol. The molecule has 3 heterocycles. The molecule has 8 heteroatoms. The first-order valence-electron chi connectivity index (χ1n) is 9.22. The number of fused-ring (bicyclic) bond motifs is 1. The molecule has 4 N–H and O–H groups in total. The molecular weight excluding hydrogens is 370 g/mol. The average molecular weight is 392 g/mol. The van der Waals surface area contributed by atoms with Gasteiger partial charge in [-0.1, -0.05) is 12.8 Å². The van der Waals surface area contributed by atoms with Gasteiger partial charge in [-0.25, -0.2) is 9.98 Å². The summed E-state index contributed by atoms with van der Waals surface area (Å²) in [5.74, 6) is 0.839. The van der Waals surface area contributed by atoms with E-state index in [1.54, 1.807) is 24.7 Å². The molecule has 0 spiro atoms. The van der Waals surface area contributed by atoms with E-state index in [0.29, 0.717) is 21.9 Å². The van der Waals surface area contributed by atoms with Gasteiger partial charge in [-0.3, -0.25) is 15.4 Å². The van der Waals surface area contributed by atoms with Gasteiger partial charge in [-0.15, -0.1) is 0 Å². The molecule has 1 aliphatic carbocycles. The van der Waals surface area contributed by atoms with Gasteiger partial charge in [0.2, 0.25) is 0 Å². The van der Waals surface area contributed by atoms with Crippen molar-refractivity contribution in [3.63, 3.8) is 0 Å². The highest BCUT2D eigenvalue weighted by atomic mass is 32.2. The van der Waals surface area contributed by atoms with E-state index >= 15 is 0 Å². The van der Waals surface area contributed by atoms with Crippen molar-refractivity contribution in [1.29, 1.82) is 5.41 Å². The standard InChI is InChI=1S/C20H21N7S/c21-19(13-4-1-2-5-13)28-20(22)27-18-8-7-16-17(26-18)10-15(12-24-16)25-14-6-3-9-23-11-14/h3,6-13,21,25H,1-2,4-5H2,(H2,22,26,27). The second-order valence-electron chi connectivity index (χ2n) is 6.70. The molecule has 28 heavy (non-hydrogen) atoms. The van der Waals surface area contributed by atoms with Crippen molar-refractivity contribution >= 4 is 50.2 Å². The normalized spacial score (nSPS) is 15.1. The van der Waals surface area contributed by atoms with Crippen molar-refractivity contribution in [2.45, 2.75) is 25.7 Å². The van der Waals surface area contributed by atoms with Crippen LogP contribution in [0.3, 0.4) is 0 Å². The number of amidine groups is 1. The van der Waals surface area contributed by atoms with Gasteiger partial charge in [0, 0.05) is 12.1 Å². The average Bonchev–Trinajstić information content (AvgIpc) is 3.23. The highest BCUT2D eigenvalue weighted by Gasteiger charge is 2.20. The summed E-state index contributed by atoms with van der Waals surface area (Å²) in [5, 5.41) is 12.4. The molecule has 3 aromatic heterocycles. The summed E-state index contributed by atoms with van der Waals surface area (Å²) in [4.78, 5) is 17.5. The summed E-state index contributed by atoms with van der Waals surface area (Å²) in [6, 6.07) is 9.37. The minimum atomic E-state index is 0.327. The number of pyridine rings is 3. The van der Waals surface area contributed by atoms with E-state index in [9.17, 15) is 0 Å². The third-order valence-corrected chi connectivity index (χ3v) is 5.49. The quantitative estimate of drug-likeness (QED) is 0.442. The third-order valence-electron chi connectivity index (χ3n) is 4.64. The lowest BCUT2D eigenvalue weighted by Crippen LogP contribution is -2.14. The summed E-state index contributed by atoms with van der Waals surface area (Å²) in [7, 11) is 0. The fourth-order valence-corrected chi connectivity index (χ4v) is 4.02. The SMILES string of the molecule is N=C(SC(N)=Nc1ccc2ncc(Nc3cccnc3)cc2n1)C1CCCC1. The molecule has 0 bridgehead atoms. The largest absolute Gasteiger partial charge is 0.378 e. The summed E-state index contributed by atoms with van der Waals surface area (Å²) < 4.78 is 0. The first-order valence-corrected chi connectivity index (χ1v) is 10.0. The highest BCUT2D eigenvalue weighted by Crippen LogP contribution is 2.30. The maximum absolute atomic E-state index is 8.21. The van der Waals surface area contributed by atoms with Crippen molar-refractivity contribution in [2.75, 3.05) is 5.32 Å². The summed E-state index contributed by atoms with van der Waals surface area (Å²) in [6.07, 6.45) is 9.77. The van der Waals surface area contributed by atoms with E-state index in [1.165, 1.54) is 24.6 Å². The molecule has 1 saturated carbocycles. The Balaban J connectivity index is 1.51. The number of nitrogens with zero attached hydrogens (tertiary/aromatic N) is 4. The van der Waals surface area contributed by atoms with Crippen molar-refractivity contribution in [3.05, 3.63) is 48.9 Å². The number of anilines is 2. The zero-order valence-corrected chi connectivity index (χ0v) is 16.1. The Morgan fingerprint density at radius 2 is 2.00 bits per heavy atom. The molecule has 0 atom stereocenters. The third kappa shape index (κ3) is 4.45. The number of hydrogen-bond acceptors (Lipinski definition) is 7. The van der Waals surface area contributed by atoms with E-state index in [-0.39, 0.29) is 0 Å². The smallest absolute Gasteiger partial charge is 0.166 e. The Morgan fingerprint density at radius 1 is 1.14 bits per heavy atom. The Bertz CT molecular complexity index is 1010. The molecular formula is C20H21N7S. The molecule has 1 aliphatic rings. The maximum Gasteiger partial charge on any atom is 0.166 e. The predicted molar refractivity (Wildman–Crippen MR) is 116 cm³/mol. The van der Waals surface area contributed by atoms with Crippen LogP contribution in [0, 0.1) is 11.3 Å². The second-order valence-corrected chi connectivity index (χ2v) is 7.76. The predicted octanol–water partition coefficient (Wildman–Crippen LogP) is 4.62. The van der Waals surface area contributed by atoms with E-state index < -0.39 is 0 Å². The Kier molecular flexibility index (Phi) is 5.48. The van der Waals surface area contributed by atoms with Gasteiger partial charge >= 0.3 is 0 Å². The number of nitrogens with two attached hydrogens (primary N) is 1. The first-order chi connectivity index (χ1) is 13.7. The van der Waals surface area contributed by atoms with E-state index in [1.807, 2.05) is 24.3 Å². The zero-order chi connectivity index (χ0) is 19.3. The molecule has 1 fully saturated rings. The highest BCUT2D eigenvalue weighted by molar-refractivity contribution is 8.26. The second kappa shape index (κ2) is 8.35. The van der Waals surface area contributed by atoms with Gasteiger partial charge in [0.25, 0.3) is 0 Å². The number of aromatic nitrogens is 3. The van der Waals surface area contributed by atoms with Crippen LogP contribution in [0.1, 0.15) is 25.7 Å². The lowest BCUT2D eigenvalue weighted by molar-refractivity contribution is 0.736. The van der Waals surface area contributed by atoms with Crippen LogP contribution in [0.2, 0.25) is 0 Å². The van der Waals surface area contributed by atoms with Crippen molar-refractivity contribution < 1.29 is 0 Å². The number of aliphatic imine (C=N–C) groups is 1. The molecule has 0 radical (unpaired) electrons. The van der Waals surface area contributed by atoms with Crippen LogP contribution in [0.25, 0.3) is 11.0 Å². The minimum Gasteiger partial charge on any atom is -0.378 e. The number of thioether (sulfide) groups is 1. The fraction of sp³-hybridized carbons (Fsp3) is 0.250. The first kappa shape index (κ1) is 18.4. The molecule has 0 aromatic carbocycles. The van der Waals surface area contributed by atoms with Gasteiger partial charge in [-0.05, 0) is 54.9 Å². The summed E-state index contributed by atoms with van der Waals surface area (Å²) in [5.41, 5.74) is 9.24. The molecule has 4 rings (SSSR count). The van der Waals surface area contributed by atoms with Crippen molar-refractivity contribution in [3.8, 4) is 0 Å². The Morgan fingerprint density at radius 3 is 2.79 bits per heavy atom. The molecule has 0 amide bonds. The van der Waals surface area contributed by atoms with Crippen LogP contribution in [-0.4, -0.2) is 25.2 Å². The molecule has 0 unspecified atom stereocenters. The fourth-order valence-electron chi connectivity index (χ4n) is 3.25. The Hall–Kier alpha value is -3.00. The van der Waals surface area contributed by atoms with Gasteiger partial charge in [0.15, 0.2) is 11.0 Å². The zero-order valence-electron chi connectivity index (χ0n) is 15.3. The van der Waals surface area contributed by atoms with Crippen LogP contribution in [0.15, 0.2) is 53.9 Å². The molecule has 0 aliphatic heterocycles. The maximum atomic E-state index is 8.21.